The number of hydrogen-bond donors (Lipinski definition) is 1. The van der Waals surface area contributed by atoms with E-state index in [1.54, 1.807) is 42.5 Å². The van der Waals surface area contributed by atoms with Crippen molar-refractivity contribution in [2.75, 3.05) is 7.11 Å². The molecule has 0 radical (unpaired) electrons. The number of hydrogen-bond acceptors (Lipinski definition) is 4. The van der Waals surface area contributed by atoms with Crippen molar-refractivity contribution in [1.29, 1.82) is 0 Å². The van der Waals surface area contributed by atoms with Crippen LogP contribution in [0.4, 0.5) is 0 Å². The molecule has 0 amide bonds. The lowest BCUT2D eigenvalue weighted by Crippen LogP contribution is -2.06. The summed E-state index contributed by atoms with van der Waals surface area (Å²) in [6, 6.07) is 16.7. The predicted octanol–water partition coefficient (Wildman–Crippen LogP) is 3.70. The zero-order chi connectivity index (χ0) is 19.5. The second-order valence-corrected chi connectivity index (χ2v) is 6.20. The number of methoxy groups -OCH3 is 1. The van der Waals surface area contributed by atoms with Crippen molar-refractivity contribution in [3.05, 3.63) is 78.9 Å². The fraction of sp³-hybridized carbons (Fsp3) is 0.0952. The molecule has 2 aromatic heterocycles. The summed E-state index contributed by atoms with van der Waals surface area (Å²) in [6.45, 7) is 0.219. The highest BCUT2D eigenvalue weighted by molar-refractivity contribution is 5.95. The number of carboxylic acid groups (broad SMARTS) is 1. The van der Waals surface area contributed by atoms with E-state index in [9.17, 15) is 9.90 Å². The minimum Gasteiger partial charge on any atom is -0.478 e. The lowest BCUT2D eigenvalue weighted by atomic mass is 10.0. The minimum atomic E-state index is -0.980. The number of aromatic carboxylic acids is 1. The summed E-state index contributed by atoms with van der Waals surface area (Å²) in [5.41, 5.74) is 4.17. The van der Waals surface area contributed by atoms with Gasteiger partial charge in [0.05, 0.1) is 23.3 Å². The first-order valence-corrected chi connectivity index (χ1v) is 8.65. The van der Waals surface area contributed by atoms with E-state index in [1.165, 1.54) is 0 Å². The van der Waals surface area contributed by atoms with Crippen molar-refractivity contribution >= 4 is 5.97 Å². The highest BCUT2D eigenvalue weighted by Gasteiger charge is 2.17. The number of imidazole rings is 1. The van der Waals surface area contributed by atoms with Crippen LogP contribution < -0.4 is 0 Å². The van der Waals surface area contributed by atoms with E-state index in [0.29, 0.717) is 11.3 Å². The molecule has 2 heterocycles. The first-order valence-electron chi connectivity index (χ1n) is 8.65. The second kappa shape index (κ2) is 7.50. The Kier molecular flexibility index (Phi) is 4.74. The molecule has 140 valence electrons. The van der Waals surface area contributed by atoms with Gasteiger partial charge in [0.25, 0.3) is 0 Å². The van der Waals surface area contributed by atoms with E-state index in [-0.39, 0.29) is 12.3 Å². The van der Waals surface area contributed by atoms with Crippen LogP contribution in [-0.2, 0) is 11.5 Å². The summed E-state index contributed by atoms with van der Waals surface area (Å²) in [6.07, 6.45) is 5.35. The Morgan fingerprint density at radius 1 is 1.14 bits per heavy atom. The zero-order valence-electron chi connectivity index (χ0n) is 15.2. The van der Waals surface area contributed by atoms with Gasteiger partial charge in [-0.3, -0.25) is 0 Å². The lowest BCUT2D eigenvalue weighted by Gasteiger charge is -2.08. The topological polar surface area (TPSA) is 82.2 Å². The molecule has 0 atom stereocenters. The summed E-state index contributed by atoms with van der Waals surface area (Å²) in [4.78, 5) is 15.7. The van der Waals surface area contributed by atoms with Crippen LogP contribution in [-0.4, -0.2) is 37.5 Å². The molecule has 28 heavy (non-hydrogen) atoms. The Morgan fingerprint density at radius 2 is 1.93 bits per heavy atom. The quantitative estimate of drug-likeness (QED) is 0.556. The average molecular weight is 374 g/mol. The van der Waals surface area contributed by atoms with E-state index >= 15 is 0 Å². The fourth-order valence-electron chi connectivity index (χ4n) is 3.10. The van der Waals surface area contributed by atoms with Crippen molar-refractivity contribution < 1.29 is 14.6 Å². The highest BCUT2D eigenvalue weighted by atomic mass is 16.5. The Bertz CT molecular complexity index is 1100. The lowest BCUT2D eigenvalue weighted by molar-refractivity contribution is 0.0697. The van der Waals surface area contributed by atoms with Gasteiger partial charge in [-0.2, -0.15) is 5.10 Å². The van der Waals surface area contributed by atoms with Gasteiger partial charge in [-0.1, -0.05) is 30.3 Å². The molecule has 0 aliphatic carbocycles. The molecule has 7 nitrogen and oxygen atoms in total. The third-order valence-corrected chi connectivity index (χ3v) is 4.43. The molecule has 4 aromatic rings. The maximum atomic E-state index is 11.6. The van der Waals surface area contributed by atoms with Crippen LogP contribution in [0.5, 0.6) is 0 Å². The number of aromatic nitrogens is 4. The van der Waals surface area contributed by atoms with Gasteiger partial charge in [0.2, 0.25) is 0 Å². The van der Waals surface area contributed by atoms with Gasteiger partial charge in [0.1, 0.15) is 6.73 Å². The van der Waals surface area contributed by atoms with E-state index in [1.807, 2.05) is 47.2 Å². The van der Waals surface area contributed by atoms with Crippen LogP contribution >= 0.6 is 0 Å². The third kappa shape index (κ3) is 3.30. The molecule has 0 saturated heterocycles. The number of carboxylic acids is 1. The first kappa shape index (κ1) is 17.7. The van der Waals surface area contributed by atoms with Crippen LogP contribution in [0.1, 0.15) is 10.4 Å². The zero-order valence-corrected chi connectivity index (χ0v) is 15.2. The van der Waals surface area contributed by atoms with Gasteiger partial charge in [-0.05, 0) is 24.3 Å². The molecule has 0 unspecified atom stereocenters. The van der Waals surface area contributed by atoms with Crippen molar-refractivity contribution in [1.82, 2.24) is 19.3 Å². The fourth-order valence-corrected chi connectivity index (χ4v) is 3.10. The normalized spacial score (nSPS) is 10.9. The van der Waals surface area contributed by atoms with Crippen LogP contribution in [0.3, 0.4) is 0 Å². The Hall–Kier alpha value is -3.71. The Labute approximate surface area is 161 Å². The number of nitrogens with zero attached hydrogens (tertiary/aromatic N) is 4. The Morgan fingerprint density at radius 3 is 2.61 bits per heavy atom. The largest absolute Gasteiger partial charge is 0.478 e. The van der Waals surface area contributed by atoms with E-state index in [4.69, 9.17) is 4.74 Å². The summed E-state index contributed by atoms with van der Waals surface area (Å²) in [5.74, 6) is -0.980. The summed E-state index contributed by atoms with van der Waals surface area (Å²) in [7, 11) is 1.58. The standard InChI is InChI=1S/C21H18N4O3/c1-28-14-25-20(17-4-2-3-5-18(17)21(26)27)12-19(23-25)15-6-8-16(9-7-15)24-11-10-22-13-24/h2-13H,14H2,1H3,(H,26,27). The molecule has 0 spiro atoms. The summed E-state index contributed by atoms with van der Waals surface area (Å²) in [5, 5.41) is 14.1. The van der Waals surface area contributed by atoms with E-state index in [2.05, 4.69) is 10.1 Å². The van der Waals surface area contributed by atoms with Gasteiger partial charge in [-0.25, -0.2) is 14.5 Å². The maximum absolute atomic E-state index is 11.6. The van der Waals surface area contributed by atoms with Gasteiger partial charge in [0, 0.05) is 36.3 Å². The molecule has 1 N–H and O–H groups in total. The number of ether oxygens (including phenoxy) is 1. The maximum Gasteiger partial charge on any atom is 0.336 e. The van der Waals surface area contributed by atoms with Crippen LogP contribution in [0, 0.1) is 0 Å². The molecule has 0 saturated carbocycles. The SMILES string of the molecule is COCn1nc(-c2ccc(-n3ccnc3)cc2)cc1-c1ccccc1C(=O)O. The number of carbonyl (C=O) groups is 1. The minimum absolute atomic E-state index is 0.219. The van der Waals surface area contributed by atoms with Gasteiger partial charge in [0.15, 0.2) is 0 Å². The van der Waals surface area contributed by atoms with Crippen molar-refractivity contribution in [3.8, 4) is 28.2 Å². The van der Waals surface area contributed by atoms with Gasteiger partial charge >= 0.3 is 5.97 Å². The third-order valence-electron chi connectivity index (χ3n) is 4.43. The van der Waals surface area contributed by atoms with Gasteiger partial charge in [-0.15, -0.1) is 0 Å². The molecular formula is C21H18N4O3. The van der Waals surface area contributed by atoms with Gasteiger partial charge < -0.3 is 14.4 Å². The second-order valence-electron chi connectivity index (χ2n) is 6.20. The average Bonchev–Trinajstić information content (AvgIpc) is 3.39. The molecule has 0 fully saturated rings. The van der Waals surface area contributed by atoms with Crippen LogP contribution in [0.25, 0.3) is 28.2 Å². The van der Waals surface area contributed by atoms with E-state index in [0.717, 1.165) is 16.9 Å². The van der Waals surface area contributed by atoms with Crippen LogP contribution in [0.2, 0.25) is 0 Å². The molecule has 4 rings (SSSR count). The molecule has 2 aromatic carbocycles. The molecule has 7 heteroatoms. The first-order chi connectivity index (χ1) is 13.7. The molecule has 0 aliphatic heterocycles. The monoisotopic (exact) mass is 374 g/mol. The molecule has 0 bridgehead atoms. The highest BCUT2D eigenvalue weighted by Crippen LogP contribution is 2.29. The smallest absolute Gasteiger partial charge is 0.336 e. The summed E-state index contributed by atoms with van der Waals surface area (Å²) < 4.78 is 8.84. The van der Waals surface area contributed by atoms with Crippen molar-refractivity contribution in [2.45, 2.75) is 6.73 Å². The van der Waals surface area contributed by atoms with Crippen molar-refractivity contribution in [3.63, 3.8) is 0 Å². The summed E-state index contributed by atoms with van der Waals surface area (Å²) >= 11 is 0. The Balaban J connectivity index is 1.76. The van der Waals surface area contributed by atoms with E-state index < -0.39 is 5.97 Å². The predicted molar refractivity (Wildman–Crippen MR) is 104 cm³/mol. The molecule has 0 aliphatic rings. The van der Waals surface area contributed by atoms with Crippen LogP contribution in [0.15, 0.2) is 73.3 Å². The molecular weight excluding hydrogens is 356 g/mol. The number of rotatable bonds is 6. The number of benzene rings is 2. The van der Waals surface area contributed by atoms with Crippen molar-refractivity contribution in [2.24, 2.45) is 0 Å².